The van der Waals surface area contributed by atoms with Crippen molar-refractivity contribution in [3.05, 3.63) is 16.2 Å². The van der Waals surface area contributed by atoms with Crippen LogP contribution in [0.2, 0.25) is 0 Å². The van der Waals surface area contributed by atoms with Gasteiger partial charge in [0.25, 0.3) is 15.5 Å². The van der Waals surface area contributed by atoms with Crippen LogP contribution >= 0.6 is 26.6 Å². The highest BCUT2D eigenvalue weighted by molar-refractivity contribution is 9.10. The van der Waals surface area contributed by atoms with E-state index in [2.05, 4.69) is 20.9 Å². The molecular weight excluding hydrogens is 317 g/mol. The molecule has 0 radical (unpaired) electrons. The number of rotatable bonds is 2. The van der Waals surface area contributed by atoms with Crippen LogP contribution in [0.4, 0.5) is 14.6 Å². The van der Waals surface area contributed by atoms with Gasteiger partial charge >= 0.3 is 0 Å². The van der Waals surface area contributed by atoms with E-state index in [0.29, 0.717) is 0 Å². The van der Waals surface area contributed by atoms with Gasteiger partial charge in [0.05, 0.1) is 10.0 Å². The van der Waals surface area contributed by atoms with Crippen LogP contribution in [-0.4, -0.2) is 13.4 Å². The van der Waals surface area contributed by atoms with E-state index in [1.54, 1.807) is 0 Å². The van der Waals surface area contributed by atoms with Gasteiger partial charge in [-0.25, -0.2) is 22.2 Å². The first-order chi connectivity index (χ1) is 6.75. The number of hydrogen-bond donors (Lipinski definition) is 1. The van der Waals surface area contributed by atoms with Crippen molar-refractivity contribution in [3.63, 3.8) is 0 Å². The molecule has 1 aromatic heterocycles. The van der Waals surface area contributed by atoms with Crippen molar-refractivity contribution < 1.29 is 17.2 Å². The van der Waals surface area contributed by atoms with Gasteiger partial charge in [0, 0.05) is 16.9 Å². The second-order valence-corrected chi connectivity index (χ2v) is 5.78. The van der Waals surface area contributed by atoms with Gasteiger partial charge in [0.15, 0.2) is 0 Å². The third kappa shape index (κ3) is 2.56. The van der Waals surface area contributed by atoms with Gasteiger partial charge in [0.1, 0.15) is 10.7 Å². The lowest BCUT2D eigenvalue weighted by Crippen LogP contribution is -2.04. The molecule has 4 nitrogen and oxygen atoms in total. The van der Waals surface area contributed by atoms with Crippen LogP contribution in [0.25, 0.3) is 0 Å². The summed E-state index contributed by atoms with van der Waals surface area (Å²) >= 11 is 2.70. The Morgan fingerprint density at radius 3 is 2.47 bits per heavy atom. The first-order valence-corrected chi connectivity index (χ1v) is 6.52. The number of nitrogens with two attached hydrogens (primary N) is 1. The van der Waals surface area contributed by atoms with Gasteiger partial charge in [-0.2, -0.15) is 0 Å². The zero-order chi connectivity index (χ0) is 11.8. The Kier molecular flexibility index (Phi) is 3.51. The summed E-state index contributed by atoms with van der Waals surface area (Å²) in [5.41, 5.74) is 4.65. The van der Waals surface area contributed by atoms with E-state index >= 15 is 0 Å². The molecule has 0 aliphatic rings. The third-order valence-corrected chi connectivity index (χ3v) is 3.99. The number of alkyl halides is 2. The average molecular weight is 322 g/mol. The molecule has 0 unspecified atom stereocenters. The lowest BCUT2D eigenvalue weighted by Gasteiger charge is -2.08. The van der Waals surface area contributed by atoms with Gasteiger partial charge in [-0.15, -0.1) is 0 Å². The molecule has 1 rings (SSSR count). The first kappa shape index (κ1) is 12.6. The predicted molar refractivity (Wildman–Crippen MR) is 54.3 cm³/mol. The maximum Gasteiger partial charge on any atom is 0.266 e. The molecule has 0 amide bonds. The molecule has 0 spiro atoms. The van der Waals surface area contributed by atoms with Crippen LogP contribution in [0, 0.1) is 0 Å². The van der Waals surface area contributed by atoms with Gasteiger partial charge < -0.3 is 5.73 Å². The van der Waals surface area contributed by atoms with Crippen molar-refractivity contribution in [3.8, 4) is 0 Å². The highest BCUT2D eigenvalue weighted by Crippen LogP contribution is 2.36. The number of aromatic nitrogens is 1. The third-order valence-electron chi connectivity index (χ3n) is 1.51. The van der Waals surface area contributed by atoms with Crippen LogP contribution in [0.1, 0.15) is 12.0 Å². The van der Waals surface area contributed by atoms with E-state index in [1.807, 2.05) is 0 Å². The molecule has 0 saturated heterocycles. The normalized spacial score (nSPS) is 12.1. The highest BCUT2D eigenvalue weighted by Gasteiger charge is 2.25. The van der Waals surface area contributed by atoms with E-state index in [4.69, 9.17) is 16.4 Å². The SMILES string of the molecule is Nc1ncc(C(F)F)c(Br)c1S(=O)(=O)Cl. The molecule has 0 aliphatic carbocycles. The number of halogens is 4. The lowest BCUT2D eigenvalue weighted by molar-refractivity contribution is 0.150. The Balaban J connectivity index is 3.59. The Labute approximate surface area is 97.0 Å². The molecular formula is C6H4BrClF2N2O2S. The fourth-order valence-corrected chi connectivity index (χ4v) is 3.38. The topological polar surface area (TPSA) is 73.0 Å². The molecule has 9 heteroatoms. The quantitative estimate of drug-likeness (QED) is 0.848. The molecule has 84 valence electrons. The van der Waals surface area contributed by atoms with Crippen molar-refractivity contribution >= 4 is 41.5 Å². The standard InChI is InChI=1S/C6H4BrClF2N2O2S/c7-3-2(5(9)10)1-12-6(11)4(3)15(8,13)14/h1,5H,(H2,11,12). The van der Waals surface area contributed by atoms with Crippen molar-refractivity contribution in [1.29, 1.82) is 0 Å². The van der Waals surface area contributed by atoms with Crippen molar-refractivity contribution in [2.45, 2.75) is 11.3 Å². The Bertz CT molecular complexity index is 494. The van der Waals surface area contributed by atoms with Crippen LogP contribution in [0.5, 0.6) is 0 Å². The molecule has 0 bridgehead atoms. The summed E-state index contributed by atoms with van der Waals surface area (Å²) in [5, 5.41) is 0. The number of pyridine rings is 1. The first-order valence-electron chi connectivity index (χ1n) is 3.42. The second-order valence-electron chi connectivity index (χ2n) is 2.48. The fourth-order valence-electron chi connectivity index (χ4n) is 0.882. The number of nitrogen functional groups attached to an aromatic ring is 1. The molecule has 0 atom stereocenters. The van der Waals surface area contributed by atoms with Gasteiger partial charge in [-0.3, -0.25) is 0 Å². The van der Waals surface area contributed by atoms with Crippen LogP contribution in [0.15, 0.2) is 15.6 Å². The Hall–Kier alpha value is -0.470. The van der Waals surface area contributed by atoms with Gasteiger partial charge in [0.2, 0.25) is 0 Å². The van der Waals surface area contributed by atoms with E-state index in [9.17, 15) is 17.2 Å². The van der Waals surface area contributed by atoms with E-state index < -0.39 is 31.8 Å². The number of hydrogen-bond acceptors (Lipinski definition) is 4. The summed E-state index contributed by atoms with van der Waals surface area (Å²) in [5.74, 6) is -0.429. The molecule has 0 saturated carbocycles. The van der Waals surface area contributed by atoms with E-state index in [0.717, 1.165) is 6.20 Å². The molecule has 1 heterocycles. The summed E-state index contributed by atoms with van der Waals surface area (Å²) in [7, 11) is 0.807. The monoisotopic (exact) mass is 320 g/mol. The summed E-state index contributed by atoms with van der Waals surface area (Å²) in [6.45, 7) is 0. The summed E-state index contributed by atoms with van der Waals surface area (Å²) < 4.78 is 46.4. The number of nitrogens with zero attached hydrogens (tertiary/aromatic N) is 1. The molecule has 15 heavy (non-hydrogen) atoms. The maximum absolute atomic E-state index is 12.4. The zero-order valence-corrected chi connectivity index (χ0v) is 10.1. The highest BCUT2D eigenvalue weighted by atomic mass is 79.9. The molecule has 0 fully saturated rings. The summed E-state index contributed by atoms with van der Waals surface area (Å²) in [4.78, 5) is 2.69. The van der Waals surface area contributed by atoms with Crippen LogP contribution in [-0.2, 0) is 9.05 Å². The van der Waals surface area contributed by atoms with Gasteiger partial charge in [-0.1, -0.05) is 0 Å². The maximum atomic E-state index is 12.4. The minimum absolute atomic E-state index is 0.361. The molecule has 0 aliphatic heterocycles. The predicted octanol–water partition coefficient (Wildman–Crippen LogP) is 2.29. The second kappa shape index (κ2) is 4.18. The largest absolute Gasteiger partial charge is 0.383 e. The summed E-state index contributed by atoms with van der Waals surface area (Å²) in [6.07, 6.45) is -2.08. The Morgan fingerprint density at radius 1 is 1.53 bits per heavy atom. The fraction of sp³-hybridized carbons (Fsp3) is 0.167. The summed E-state index contributed by atoms with van der Waals surface area (Å²) in [6, 6.07) is 0. The molecule has 1 aromatic rings. The van der Waals surface area contributed by atoms with E-state index in [1.165, 1.54) is 0 Å². The molecule has 0 aromatic carbocycles. The lowest BCUT2D eigenvalue weighted by atomic mass is 10.3. The molecule has 2 N–H and O–H groups in total. The number of anilines is 1. The Morgan fingerprint density at radius 2 is 2.07 bits per heavy atom. The van der Waals surface area contributed by atoms with E-state index in [-0.39, 0.29) is 4.47 Å². The minimum Gasteiger partial charge on any atom is -0.383 e. The van der Waals surface area contributed by atoms with Crippen molar-refractivity contribution in [2.24, 2.45) is 0 Å². The van der Waals surface area contributed by atoms with Crippen LogP contribution < -0.4 is 5.73 Å². The van der Waals surface area contributed by atoms with Crippen molar-refractivity contribution in [2.75, 3.05) is 5.73 Å². The average Bonchev–Trinajstić information content (AvgIpc) is 2.00. The van der Waals surface area contributed by atoms with Gasteiger partial charge in [-0.05, 0) is 15.9 Å². The van der Waals surface area contributed by atoms with Crippen molar-refractivity contribution in [1.82, 2.24) is 4.98 Å². The zero-order valence-electron chi connectivity index (χ0n) is 6.92. The van der Waals surface area contributed by atoms with Crippen LogP contribution in [0.3, 0.4) is 0 Å². The smallest absolute Gasteiger partial charge is 0.266 e. The minimum atomic E-state index is -4.22.